The van der Waals surface area contributed by atoms with Crippen LogP contribution in [0.15, 0.2) is 60.9 Å². The molecular formula is C25H24N6S. The van der Waals surface area contributed by atoms with Crippen LogP contribution in [0.3, 0.4) is 0 Å². The first-order valence-electron chi connectivity index (χ1n) is 10.9. The maximum absolute atomic E-state index is 6.74. The van der Waals surface area contributed by atoms with Crippen LogP contribution in [-0.2, 0) is 5.54 Å². The number of fused-ring (bicyclic) bond motifs is 2. The van der Waals surface area contributed by atoms with E-state index in [1.54, 1.807) is 11.3 Å². The molecule has 5 aromatic rings. The van der Waals surface area contributed by atoms with Gasteiger partial charge in [0.15, 0.2) is 0 Å². The van der Waals surface area contributed by atoms with Crippen molar-refractivity contribution in [2.24, 2.45) is 5.73 Å². The van der Waals surface area contributed by atoms with E-state index >= 15 is 0 Å². The fraction of sp³-hybridized carbons (Fsp3) is 0.240. The number of aryl methyl sites for hydroxylation is 1. The van der Waals surface area contributed by atoms with Crippen LogP contribution in [0.4, 0.5) is 5.95 Å². The van der Waals surface area contributed by atoms with Crippen molar-refractivity contribution in [2.45, 2.75) is 25.3 Å². The predicted molar refractivity (Wildman–Crippen MR) is 131 cm³/mol. The summed E-state index contributed by atoms with van der Waals surface area (Å²) in [5, 5.41) is 2.11. The highest BCUT2D eigenvalue weighted by molar-refractivity contribution is 7.18. The number of benzene rings is 2. The summed E-state index contributed by atoms with van der Waals surface area (Å²) in [5.74, 6) is 0.759. The molecule has 3 N–H and O–H groups in total. The molecule has 6 rings (SSSR count). The largest absolute Gasteiger partial charge is 0.345 e. The third-order valence-electron chi connectivity index (χ3n) is 6.51. The molecular weight excluding hydrogens is 416 g/mol. The summed E-state index contributed by atoms with van der Waals surface area (Å²) in [4.78, 5) is 19.7. The van der Waals surface area contributed by atoms with Crippen molar-refractivity contribution in [3.05, 3.63) is 71.5 Å². The van der Waals surface area contributed by atoms with Crippen LogP contribution in [0.2, 0.25) is 0 Å². The average Bonchev–Trinajstić information content (AvgIpc) is 3.41. The van der Waals surface area contributed by atoms with Crippen molar-refractivity contribution in [3.8, 4) is 11.1 Å². The van der Waals surface area contributed by atoms with Gasteiger partial charge in [0, 0.05) is 42.0 Å². The SMILES string of the molecule is Cc1nc2ccc(-c3c[nH]c4nc(N5CCC(N)(c6ccccc6)CC5)ncc34)cc2s1. The molecule has 0 radical (unpaired) electrons. The fourth-order valence-electron chi connectivity index (χ4n) is 4.66. The zero-order valence-corrected chi connectivity index (χ0v) is 18.7. The number of hydrogen-bond acceptors (Lipinski definition) is 6. The monoisotopic (exact) mass is 440 g/mol. The molecule has 7 heteroatoms. The molecule has 0 spiro atoms. The second-order valence-electron chi connectivity index (χ2n) is 8.56. The van der Waals surface area contributed by atoms with Crippen molar-refractivity contribution in [1.82, 2.24) is 19.9 Å². The van der Waals surface area contributed by atoms with Crippen LogP contribution in [0.5, 0.6) is 0 Å². The molecule has 0 bridgehead atoms. The number of H-pyrrole nitrogens is 1. The first-order valence-corrected chi connectivity index (χ1v) is 11.7. The highest BCUT2D eigenvalue weighted by Crippen LogP contribution is 2.34. The summed E-state index contributed by atoms with van der Waals surface area (Å²) in [6.07, 6.45) is 5.72. The number of piperidine rings is 1. The van der Waals surface area contributed by atoms with Gasteiger partial charge in [-0.3, -0.25) is 0 Å². The van der Waals surface area contributed by atoms with Crippen molar-refractivity contribution >= 4 is 38.5 Å². The second kappa shape index (κ2) is 7.39. The van der Waals surface area contributed by atoms with E-state index in [4.69, 9.17) is 15.7 Å². The quantitative estimate of drug-likeness (QED) is 0.413. The molecule has 160 valence electrons. The topological polar surface area (TPSA) is 83.7 Å². The molecule has 1 aliphatic heterocycles. The lowest BCUT2D eigenvalue weighted by molar-refractivity contribution is 0.340. The van der Waals surface area contributed by atoms with Crippen LogP contribution in [-0.4, -0.2) is 33.0 Å². The number of thiazole rings is 1. The number of rotatable bonds is 3. The minimum Gasteiger partial charge on any atom is -0.345 e. The predicted octanol–water partition coefficient (Wildman–Crippen LogP) is 5.00. The molecule has 0 atom stereocenters. The number of aromatic nitrogens is 4. The lowest BCUT2D eigenvalue weighted by Crippen LogP contribution is -2.48. The van der Waals surface area contributed by atoms with Crippen molar-refractivity contribution in [3.63, 3.8) is 0 Å². The van der Waals surface area contributed by atoms with Gasteiger partial charge in [0.05, 0.1) is 15.2 Å². The van der Waals surface area contributed by atoms with Gasteiger partial charge in [-0.2, -0.15) is 4.98 Å². The Balaban J connectivity index is 1.26. The van der Waals surface area contributed by atoms with E-state index in [1.165, 1.54) is 10.3 Å². The third kappa shape index (κ3) is 3.25. The third-order valence-corrected chi connectivity index (χ3v) is 7.45. The Morgan fingerprint density at radius 3 is 2.69 bits per heavy atom. The van der Waals surface area contributed by atoms with Gasteiger partial charge in [-0.15, -0.1) is 11.3 Å². The number of hydrogen-bond donors (Lipinski definition) is 2. The molecule has 0 unspecified atom stereocenters. The Morgan fingerprint density at radius 1 is 1.06 bits per heavy atom. The standard InChI is InChI=1S/C25H24N6S/c1-16-29-21-8-7-17(13-22(21)32-16)19-14-27-23-20(19)15-28-24(30-23)31-11-9-25(26,10-12-31)18-5-3-2-4-6-18/h2-8,13-15H,9-12,26H2,1H3,(H,27,28,30). The number of anilines is 1. The van der Waals surface area contributed by atoms with E-state index in [1.807, 2.05) is 25.4 Å². The maximum atomic E-state index is 6.74. The fourth-order valence-corrected chi connectivity index (χ4v) is 5.53. The van der Waals surface area contributed by atoms with Gasteiger partial charge in [-0.1, -0.05) is 36.4 Å². The highest BCUT2D eigenvalue weighted by Gasteiger charge is 2.33. The Hall–Kier alpha value is -3.29. The van der Waals surface area contributed by atoms with E-state index in [-0.39, 0.29) is 5.54 Å². The van der Waals surface area contributed by atoms with Crippen molar-refractivity contribution < 1.29 is 0 Å². The Kier molecular flexibility index (Phi) is 4.48. The average molecular weight is 441 g/mol. The van der Waals surface area contributed by atoms with Crippen LogP contribution in [0.1, 0.15) is 23.4 Å². The first kappa shape index (κ1) is 19.4. The van der Waals surface area contributed by atoms with E-state index < -0.39 is 0 Å². The lowest BCUT2D eigenvalue weighted by Gasteiger charge is -2.39. The zero-order valence-electron chi connectivity index (χ0n) is 17.9. The molecule has 3 aromatic heterocycles. The Morgan fingerprint density at radius 2 is 1.88 bits per heavy atom. The smallest absolute Gasteiger partial charge is 0.227 e. The molecule has 0 amide bonds. The molecule has 1 fully saturated rings. The normalized spacial score (nSPS) is 16.1. The molecule has 1 saturated heterocycles. The number of aromatic amines is 1. The van der Waals surface area contributed by atoms with Gasteiger partial charge in [0.1, 0.15) is 5.65 Å². The zero-order chi connectivity index (χ0) is 21.7. The van der Waals surface area contributed by atoms with Crippen LogP contribution < -0.4 is 10.6 Å². The minimum atomic E-state index is -0.283. The minimum absolute atomic E-state index is 0.283. The lowest BCUT2D eigenvalue weighted by atomic mass is 9.82. The number of nitrogens with one attached hydrogen (secondary N) is 1. The summed E-state index contributed by atoms with van der Waals surface area (Å²) in [7, 11) is 0. The molecule has 1 aliphatic rings. The molecule has 2 aromatic carbocycles. The molecule has 0 aliphatic carbocycles. The Bertz CT molecular complexity index is 1410. The highest BCUT2D eigenvalue weighted by atomic mass is 32.1. The summed E-state index contributed by atoms with van der Waals surface area (Å²) < 4.78 is 1.20. The van der Waals surface area contributed by atoms with E-state index in [9.17, 15) is 0 Å². The van der Waals surface area contributed by atoms with Gasteiger partial charge in [0.25, 0.3) is 0 Å². The summed E-state index contributed by atoms with van der Waals surface area (Å²) in [6.45, 7) is 3.72. The van der Waals surface area contributed by atoms with Gasteiger partial charge >= 0.3 is 0 Å². The summed E-state index contributed by atoms with van der Waals surface area (Å²) >= 11 is 1.72. The molecule has 32 heavy (non-hydrogen) atoms. The van der Waals surface area contributed by atoms with E-state index in [0.29, 0.717) is 0 Å². The maximum Gasteiger partial charge on any atom is 0.227 e. The van der Waals surface area contributed by atoms with Crippen molar-refractivity contribution in [1.29, 1.82) is 0 Å². The van der Waals surface area contributed by atoms with Crippen molar-refractivity contribution in [2.75, 3.05) is 18.0 Å². The van der Waals surface area contributed by atoms with Gasteiger partial charge in [-0.05, 0) is 43.0 Å². The summed E-state index contributed by atoms with van der Waals surface area (Å²) in [5.41, 5.74) is 11.8. The van der Waals surface area contributed by atoms with Gasteiger partial charge in [-0.25, -0.2) is 9.97 Å². The van der Waals surface area contributed by atoms with Gasteiger partial charge in [0.2, 0.25) is 5.95 Å². The van der Waals surface area contributed by atoms with Gasteiger partial charge < -0.3 is 15.6 Å². The summed E-state index contributed by atoms with van der Waals surface area (Å²) in [6, 6.07) is 16.8. The van der Waals surface area contributed by atoms with E-state index in [0.717, 1.165) is 64.6 Å². The first-order chi connectivity index (χ1) is 15.6. The molecule has 6 nitrogen and oxygen atoms in total. The van der Waals surface area contributed by atoms with Crippen LogP contribution in [0.25, 0.3) is 32.4 Å². The number of nitrogens with two attached hydrogens (primary N) is 1. The Labute approximate surface area is 190 Å². The molecule has 4 heterocycles. The number of nitrogens with zero attached hydrogens (tertiary/aromatic N) is 4. The van der Waals surface area contributed by atoms with E-state index in [2.05, 4.69) is 57.3 Å². The van der Waals surface area contributed by atoms with Crippen LogP contribution >= 0.6 is 11.3 Å². The molecule has 0 saturated carbocycles. The van der Waals surface area contributed by atoms with Crippen LogP contribution in [0, 0.1) is 6.92 Å². The second-order valence-corrected chi connectivity index (χ2v) is 9.79.